The van der Waals surface area contributed by atoms with Crippen molar-refractivity contribution in [1.82, 2.24) is 9.55 Å². The molecule has 65 heavy (non-hydrogen) atoms. The number of hydrogen-bond donors (Lipinski definition) is 3. The summed E-state index contributed by atoms with van der Waals surface area (Å²) in [5, 5.41) is 7.17. The zero-order chi connectivity index (χ0) is 46.8. The minimum Gasteiger partial charge on any atom is -0.443 e. The first kappa shape index (κ1) is 46.9. The number of carbonyl (C=O) groups is 3. The number of aromatic nitrogens is 2. The smallest absolute Gasteiger partial charge is 0.419 e. The molecular formula is C49H50F6N4O6. The van der Waals surface area contributed by atoms with Gasteiger partial charge in [-0.25, -0.2) is 4.79 Å². The summed E-state index contributed by atoms with van der Waals surface area (Å²) in [6.07, 6.45) is -2.69. The Hall–Kier alpha value is -6.13. The zero-order valence-corrected chi connectivity index (χ0v) is 36.5. The van der Waals surface area contributed by atoms with Crippen LogP contribution in [0.4, 0.5) is 42.5 Å². The lowest BCUT2D eigenvalue weighted by Gasteiger charge is -2.35. The van der Waals surface area contributed by atoms with E-state index in [-0.39, 0.29) is 35.9 Å². The minimum absolute atomic E-state index is 0.00849. The first-order valence-electron chi connectivity index (χ1n) is 21.2. The van der Waals surface area contributed by atoms with Crippen molar-refractivity contribution < 1.29 is 54.9 Å². The first-order valence-corrected chi connectivity index (χ1v) is 21.2. The fourth-order valence-electron chi connectivity index (χ4n) is 7.93. The maximum absolute atomic E-state index is 12.8. The summed E-state index contributed by atoms with van der Waals surface area (Å²) in [6, 6.07) is 22.1. The van der Waals surface area contributed by atoms with Gasteiger partial charge in [0.25, 0.3) is 0 Å². The average molecular weight is 905 g/mol. The molecule has 344 valence electrons. The van der Waals surface area contributed by atoms with Crippen LogP contribution in [0.15, 0.2) is 97.3 Å². The molecule has 2 fully saturated rings. The molecule has 2 aromatic heterocycles. The highest BCUT2D eigenvalue weighted by Crippen LogP contribution is 2.42. The van der Waals surface area contributed by atoms with E-state index in [1.807, 2.05) is 30.3 Å². The molecule has 2 aliphatic carbocycles. The number of H-pyrrole nitrogens is 1. The molecule has 0 bridgehead atoms. The molecule has 8 rings (SSSR count). The maximum Gasteiger partial charge on any atom is 0.419 e. The normalized spacial score (nSPS) is 18.6. The molecule has 6 aromatic rings. The van der Waals surface area contributed by atoms with Gasteiger partial charge in [-0.1, -0.05) is 36.4 Å². The van der Waals surface area contributed by atoms with Crippen molar-refractivity contribution in [3.8, 4) is 0 Å². The molecule has 0 unspecified atom stereocenters. The molecule has 2 heterocycles. The van der Waals surface area contributed by atoms with Crippen LogP contribution in [0, 0.1) is 0 Å². The lowest BCUT2D eigenvalue weighted by atomic mass is 9.77. The summed E-state index contributed by atoms with van der Waals surface area (Å²) >= 11 is 0. The number of ether oxygens (including phenoxy) is 3. The van der Waals surface area contributed by atoms with Crippen molar-refractivity contribution in [3.63, 3.8) is 0 Å². The van der Waals surface area contributed by atoms with Crippen molar-refractivity contribution in [2.45, 2.75) is 116 Å². The van der Waals surface area contributed by atoms with Crippen LogP contribution in [0.1, 0.15) is 106 Å². The van der Waals surface area contributed by atoms with Gasteiger partial charge in [0.15, 0.2) is 0 Å². The predicted octanol–water partition coefficient (Wildman–Crippen LogP) is 12.5. The Labute approximate surface area is 371 Å². The first-order chi connectivity index (χ1) is 30.6. The third kappa shape index (κ3) is 11.8. The summed E-state index contributed by atoms with van der Waals surface area (Å²) < 4.78 is 95.1. The number of amides is 2. The Kier molecular flexibility index (Phi) is 13.5. The van der Waals surface area contributed by atoms with Crippen LogP contribution >= 0.6 is 0 Å². The third-order valence-electron chi connectivity index (χ3n) is 11.4. The van der Waals surface area contributed by atoms with Gasteiger partial charge in [0.05, 0.1) is 53.4 Å². The third-order valence-corrected chi connectivity index (χ3v) is 11.4. The van der Waals surface area contributed by atoms with E-state index in [2.05, 4.69) is 15.6 Å². The molecule has 2 saturated carbocycles. The van der Waals surface area contributed by atoms with Crippen molar-refractivity contribution in [2.75, 3.05) is 10.6 Å². The van der Waals surface area contributed by atoms with E-state index >= 15 is 0 Å². The van der Waals surface area contributed by atoms with E-state index < -0.39 is 35.2 Å². The van der Waals surface area contributed by atoms with E-state index in [9.17, 15) is 40.7 Å². The summed E-state index contributed by atoms with van der Waals surface area (Å²) in [5.74, 6) is 0.0230. The lowest BCUT2D eigenvalue weighted by Crippen LogP contribution is -2.29. The molecule has 2 aliphatic rings. The van der Waals surface area contributed by atoms with Crippen molar-refractivity contribution in [1.29, 1.82) is 0 Å². The van der Waals surface area contributed by atoms with Crippen molar-refractivity contribution in [3.05, 3.63) is 131 Å². The van der Waals surface area contributed by atoms with Gasteiger partial charge in [0.1, 0.15) is 5.60 Å². The summed E-state index contributed by atoms with van der Waals surface area (Å²) in [4.78, 5) is 38.8. The lowest BCUT2D eigenvalue weighted by molar-refractivity contribution is -0.138. The largest absolute Gasteiger partial charge is 0.443 e. The Morgan fingerprint density at radius 3 is 1.57 bits per heavy atom. The highest BCUT2D eigenvalue weighted by Gasteiger charge is 2.35. The number of nitrogens with zero attached hydrogens (tertiary/aromatic N) is 1. The van der Waals surface area contributed by atoms with Crippen LogP contribution in [0.3, 0.4) is 0 Å². The number of fused-ring (bicyclic) bond motifs is 2. The van der Waals surface area contributed by atoms with E-state index in [0.717, 1.165) is 88.8 Å². The van der Waals surface area contributed by atoms with E-state index in [4.69, 9.17) is 14.2 Å². The Morgan fingerprint density at radius 2 is 1.11 bits per heavy atom. The number of nitrogens with one attached hydrogen (secondary N) is 3. The van der Waals surface area contributed by atoms with Gasteiger partial charge < -0.3 is 29.8 Å². The SMILES string of the molecule is CC(=O)Nc1c[nH]c2ccc(CO[C@H]3C[C@@H](c4ccc(C(F)(F)F)cc4)C3)cc12.CC(=O)Nc1cn(C(=O)OC(C)(C)C)c2ccc(CO[C@H]3C[C@@H](c4ccc(C(F)(F)F)cc4)C3)cc12. The number of alkyl halides is 6. The minimum atomic E-state index is -4.33. The van der Waals surface area contributed by atoms with Crippen LogP contribution in [-0.4, -0.2) is 45.3 Å². The number of carbonyl (C=O) groups excluding carboxylic acids is 3. The second kappa shape index (κ2) is 18.8. The molecule has 0 radical (unpaired) electrons. The van der Waals surface area contributed by atoms with Gasteiger partial charge >= 0.3 is 18.4 Å². The number of rotatable bonds is 10. The molecule has 10 nitrogen and oxygen atoms in total. The standard InChI is InChI=1S/C27H29F3N2O4.C22H21F3N2O2/c1-16(33)31-23-14-32(25(34)36-26(2,3)4)24-10-5-17(11-22(23)24)15-35-21-12-19(13-21)18-6-8-20(9-7-18)27(28,29)30;1-13(28)27-21-11-26-20-7-2-14(8-19(20)21)12-29-18-9-16(10-18)15-3-5-17(6-4-15)22(23,24)25/h5-11,14,19,21H,12-13,15H2,1-4H3,(H,31,33);2-8,11,16,18,26H,9-10,12H2,1H3,(H,27,28)/t19-,21+;16-,18+. The highest BCUT2D eigenvalue weighted by atomic mass is 19.4. The molecule has 0 saturated heterocycles. The Balaban J connectivity index is 0.000000198. The van der Waals surface area contributed by atoms with Crippen molar-refractivity contribution >= 4 is 51.1 Å². The van der Waals surface area contributed by atoms with Crippen LogP contribution in [0.2, 0.25) is 0 Å². The molecular weight excluding hydrogens is 855 g/mol. The second-order valence-corrected chi connectivity index (χ2v) is 17.6. The van der Waals surface area contributed by atoms with E-state index in [1.54, 1.807) is 51.4 Å². The fourth-order valence-corrected chi connectivity index (χ4v) is 7.93. The van der Waals surface area contributed by atoms with E-state index in [0.29, 0.717) is 29.8 Å². The van der Waals surface area contributed by atoms with Gasteiger partial charge in [-0.2, -0.15) is 26.3 Å². The van der Waals surface area contributed by atoms with Gasteiger partial charge in [-0.15, -0.1) is 0 Å². The van der Waals surface area contributed by atoms with Crippen LogP contribution in [-0.2, 0) is 49.4 Å². The number of hydrogen-bond acceptors (Lipinski definition) is 6. The van der Waals surface area contributed by atoms with Crippen LogP contribution in [0.5, 0.6) is 0 Å². The number of halogens is 6. The molecule has 4 aromatic carbocycles. The molecule has 3 N–H and O–H groups in total. The monoisotopic (exact) mass is 904 g/mol. The zero-order valence-electron chi connectivity index (χ0n) is 36.5. The Bertz CT molecular complexity index is 2650. The molecule has 16 heteroatoms. The second-order valence-electron chi connectivity index (χ2n) is 17.6. The van der Waals surface area contributed by atoms with Gasteiger partial charge in [-0.3, -0.25) is 14.2 Å². The van der Waals surface area contributed by atoms with Crippen LogP contribution < -0.4 is 10.6 Å². The average Bonchev–Trinajstić information content (AvgIpc) is 3.75. The molecule has 0 aliphatic heterocycles. The summed E-state index contributed by atoms with van der Waals surface area (Å²) in [5.41, 5.74) is 4.51. The van der Waals surface area contributed by atoms with E-state index in [1.165, 1.54) is 30.5 Å². The summed E-state index contributed by atoms with van der Waals surface area (Å²) in [7, 11) is 0. The topological polar surface area (TPSA) is 124 Å². The van der Waals surface area contributed by atoms with Crippen LogP contribution in [0.25, 0.3) is 21.8 Å². The number of aromatic amines is 1. The molecule has 0 atom stereocenters. The highest BCUT2D eigenvalue weighted by molar-refractivity contribution is 6.04. The van der Waals surface area contributed by atoms with Crippen molar-refractivity contribution in [2.24, 2.45) is 0 Å². The molecule has 2 amide bonds. The number of benzene rings is 4. The maximum atomic E-state index is 12.8. The fraction of sp³-hybridized carbons (Fsp3) is 0.367. The Morgan fingerprint density at radius 1 is 0.646 bits per heavy atom. The van der Waals surface area contributed by atoms with Gasteiger partial charge in [0, 0.05) is 42.5 Å². The van der Waals surface area contributed by atoms with Gasteiger partial charge in [0.2, 0.25) is 11.8 Å². The quantitative estimate of drug-likeness (QED) is 0.118. The summed E-state index contributed by atoms with van der Waals surface area (Å²) in [6.45, 7) is 8.99. The van der Waals surface area contributed by atoms with Gasteiger partial charge in [-0.05, 0) is 129 Å². The molecule has 0 spiro atoms. The number of anilines is 2. The predicted molar refractivity (Wildman–Crippen MR) is 234 cm³/mol.